The van der Waals surface area contributed by atoms with Gasteiger partial charge in [0.2, 0.25) is 15.9 Å². The Kier molecular flexibility index (Phi) is 7.12. The highest BCUT2D eigenvalue weighted by Gasteiger charge is 2.37. The molecular weight excluding hydrogens is 428 g/mol. The van der Waals surface area contributed by atoms with Gasteiger partial charge in [-0.05, 0) is 68.3 Å². The van der Waals surface area contributed by atoms with E-state index in [4.69, 9.17) is 16.3 Å². The molecule has 30 heavy (non-hydrogen) atoms. The Labute approximate surface area is 181 Å². The normalized spacial score (nSPS) is 17.3. The lowest BCUT2D eigenvalue weighted by Crippen LogP contribution is -2.49. The van der Waals surface area contributed by atoms with E-state index >= 15 is 0 Å². The average molecular weight is 451 g/mol. The summed E-state index contributed by atoms with van der Waals surface area (Å²) in [6, 6.07) is 11.4. The second kappa shape index (κ2) is 9.59. The van der Waals surface area contributed by atoms with E-state index in [-0.39, 0.29) is 18.0 Å². The van der Waals surface area contributed by atoms with E-state index in [1.54, 1.807) is 31.2 Å². The van der Waals surface area contributed by atoms with Crippen molar-refractivity contribution in [1.29, 1.82) is 0 Å². The number of rotatable bonds is 6. The zero-order valence-corrected chi connectivity index (χ0v) is 18.1. The zero-order valence-electron chi connectivity index (χ0n) is 16.5. The van der Waals surface area contributed by atoms with Crippen molar-refractivity contribution in [2.24, 2.45) is 0 Å². The summed E-state index contributed by atoms with van der Waals surface area (Å²) >= 11 is 5.86. The van der Waals surface area contributed by atoms with E-state index in [1.165, 1.54) is 28.6 Å². The van der Waals surface area contributed by atoms with Crippen molar-refractivity contribution >= 4 is 39.2 Å². The molecule has 1 amide bonds. The van der Waals surface area contributed by atoms with Crippen molar-refractivity contribution in [2.75, 3.05) is 18.5 Å². The van der Waals surface area contributed by atoms with Gasteiger partial charge in [0.25, 0.3) is 0 Å². The van der Waals surface area contributed by atoms with Gasteiger partial charge < -0.3 is 10.1 Å². The Balaban J connectivity index is 1.76. The van der Waals surface area contributed by atoms with Crippen molar-refractivity contribution in [2.45, 2.75) is 37.1 Å². The van der Waals surface area contributed by atoms with Gasteiger partial charge in [-0.25, -0.2) is 13.2 Å². The molecule has 2 aromatic carbocycles. The number of halogens is 1. The van der Waals surface area contributed by atoms with Crippen molar-refractivity contribution in [3.05, 3.63) is 59.1 Å². The summed E-state index contributed by atoms with van der Waals surface area (Å²) in [6.07, 6.45) is 1.87. The largest absolute Gasteiger partial charge is 0.462 e. The molecule has 9 heteroatoms. The van der Waals surface area contributed by atoms with Crippen LogP contribution < -0.4 is 5.32 Å². The standard InChI is InChI=1S/C21H23ClN2O5S/c1-2-29-21(26)15-6-10-17(11-7-15)23-20(25)19-5-3-4-14-24(19)30(27,28)18-12-8-16(22)9-13-18/h6-13,19H,2-5,14H2,1H3,(H,23,25). The number of carbonyl (C=O) groups excluding carboxylic acids is 2. The molecule has 2 aromatic rings. The first-order valence-electron chi connectivity index (χ1n) is 9.68. The summed E-state index contributed by atoms with van der Waals surface area (Å²) in [5, 5.41) is 3.19. The number of esters is 1. The zero-order chi connectivity index (χ0) is 21.7. The van der Waals surface area contributed by atoms with Crippen LogP contribution in [0.3, 0.4) is 0 Å². The minimum absolute atomic E-state index is 0.102. The molecule has 0 spiro atoms. The quantitative estimate of drug-likeness (QED) is 0.677. The number of piperidine rings is 1. The molecular formula is C21H23ClN2O5S. The molecule has 1 heterocycles. The molecule has 1 atom stereocenters. The lowest BCUT2D eigenvalue weighted by atomic mass is 10.0. The lowest BCUT2D eigenvalue weighted by Gasteiger charge is -2.33. The Bertz CT molecular complexity index is 1010. The summed E-state index contributed by atoms with van der Waals surface area (Å²) < 4.78 is 32.4. The van der Waals surface area contributed by atoms with Gasteiger partial charge in [0.05, 0.1) is 17.1 Å². The molecule has 1 aliphatic rings. The molecule has 1 N–H and O–H groups in total. The van der Waals surface area contributed by atoms with Gasteiger partial charge in [-0.1, -0.05) is 18.0 Å². The second-order valence-electron chi connectivity index (χ2n) is 6.87. The Morgan fingerprint density at radius 2 is 1.77 bits per heavy atom. The molecule has 0 saturated carbocycles. The van der Waals surface area contributed by atoms with Crippen LogP contribution in [0.5, 0.6) is 0 Å². The highest BCUT2D eigenvalue weighted by atomic mass is 35.5. The van der Waals surface area contributed by atoms with Gasteiger partial charge in [-0.15, -0.1) is 0 Å². The molecule has 1 fully saturated rings. The van der Waals surface area contributed by atoms with Gasteiger partial charge in [-0.2, -0.15) is 4.31 Å². The fourth-order valence-electron chi connectivity index (χ4n) is 3.33. The molecule has 0 bridgehead atoms. The number of hydrogen-bond acceptors (Lipinski definition) is 5. The third-order valence-corrected chi connectivity index (χ3v) is 7.01. The predicted molar refractivity (Wildman–Crippen MR) is 114 cm³/mol. The van der Waals surface area contributed by atoms with Gasteiger partial charge in [0.15, 0.2) is 0 Å². The predicted octanol–water partition coefficient (Wildman–Crippen LogP) is 3.70. The van der Waals surface area contributed by atoms with E-state index < -0.39 is 27.9 Å². The van der Waals surface area contributed by atoms with Gasteiger partial charge in [-0.3, -0.25) is 4.79 Å². The number of carbonyl (C=O) groups is 2. The summed E-state index contributed by atoms with van der Waals surface area (Å²) in [7, 11) is -3.84. The highest BCUT2D eigenvalue weighted by Crippen LogP contribution is 2.27. The minimum Gasteiger partial charge on any atom is -0.462 e. The van der Waals surface area contributed by atoms with Crippen LogP contribution in [-0.2, 0) is 19.6 Å². The number of benzene rings is 2. The molecule has 1 saturated heterocycles. The minimum atomic E-state index is -3.84. The number of anilines is 1. The van der Waals surface area contributed by atoms with Crippen LogP contribution in [0.1, 0.15) is 36.5 Å². The molecule has 0 aliphatic carbocycles. The third kappa shape index (κ3) is 5.00. The number of amides is 1. The van der Waals surface area contributed by atoms with Crippen LogP contribution in [0.25, 0.3) is 0 Å². The summed E-state index contributed by atoms with van der Waals surface area (Å²) in [5.41, 5.74) is 0.849. The Hall–Kier alpha value is -2.42. The fraction of sp³-hybridized carbons (Fsp3) is 0.333. The van der Waals surface area contributed by atoms with Crippen LogP contribution in [-0.4, -0.2) is 43.8 Å². The van der Waals surface area contributed by atoms with Crippen LogP contribution >= 0.6 is 11.6 Å². The molecule has 160 valence electrons. The number of nitrogens with zero attached hydrogens (tertiary/aromatic N) is 1. The van der Waals surface area contributed by atoms with Crippen LogP contribution in [0, 0.1) is 0 Å². The van der Waals surface area contributed by atoms with E-state index in [0.29, 0.717) is 29.1 Å². The number of sulfonamides is 1. The van der Waals surface area contributed by atoms with Crippen LogP contribution in [0.2, 0.25) is 5.02 Å². The summed E-state index contributed by atoms with van der Waals surface area (Å²) in [6.45, 7) is 2.27. The van der Waals surface area contributed by atoms with Crippen LogP contribution in [0.4, 0.5) is 5.69 Å². The van der Waals surface area contributed by atoms with Gasteiger partial charge >= 0.3 is 5.97 Å². The lowest BCUT2D eigenvalue weighted by molar-refractivity contribution is -0.120. The molecule has 1 unspecified atom stereocenters. The second-order valence-corrected chi connectivity index (χ2v) is 9.20. The van der Waals surface area contributed by atoms with E-state index in [9.17, 15) is 18.0 Å². The fourth-order valence-corrected chi connectivity index (χ4v) is 5.11. The van der Waals surface area contributed by atoms with Crippen molar-refractivity contribution < 1.29 is 22.7 Å². The third-order valence-electron chi connectivity index (χ3n) is 4.84. The number of ether oxygens (including phenoxy) is 1. The summed E-state index contributed by atoms with van der Waals surface area (Å²) in [4.78, 5) is 24.7. The van der Waals surface area contributed by atoms with E-state index in [1.807, 2.05) is 0 Å². The van der Waals surface area contributed by atoms with Gasteiger partial charge in [0, 0.05) is 17.3 Å². The maximum absolute atomic E-state index is 13.1. The van der Waals surface area contributed by atoms with E-state index in [0.717, 1.165) is 6.42 Å². The molecule has 3 rings (SSSR count). The first-order valence-corrected chi connectivity index (χ1v) is 11.5. The van der Waals surface area contributed by atoms with Crippen LogP contribution in [0.15, 0.2) is 53.4 Å². The van der Waals surface area contributed by atoms with Crippen molar-refractivity contribution in [1.82, 2.24) is 4.31 Å². The topological polar surface area (TPSA) is 92.8 Å². The number of hydrogen-bond donors (Lipinski definition) is 1. The van der Waals surface area contributed by atoms with Gasteiger partial charge in [0.1, 0.15) is 6.04 Å². The highest BCUT2D eigenvalue weighted by molar-refractivity contribution is 7.89. The smallest absolute Gasteiger partial charge is 0.338 e. The molecule has 7 nitrogen and oxygen atoms in total. The Morgan fingerprint density at radius 1 is 1.10 bits per heavy atom. The first-order chi connectivity index (χ1) is 14.3. The van der Waals surface area contributed by atoms with Crippen molar-refractivity contribution in [3.63, 3.8) is 0 Å². The molecule has 1 aliphatic heterocycles. The Morgan fingerprint density at radius 3 is 2.40 bits per heavy atom. The summed E-state index contributed by atoms with van der Waals surface area (Å²) in [5.74, 6) is -0.848. The average Bonchev–Trinajstić information content (AvgIpc) is 2.74. The maximum Gasteiger partial charge on any atom is 0.338 e. The maximum atomic E-state index is 13.1. The molecule has 0 aromatic heterocycles. The first kappa shape index (κ1) is 22.3. The SMILES string of the molecule is CCOC(=O)c1ccc(NC(=O)C2CCCCN2S(=O)(=O)c2ccc(Cl)cc2)cc1. The van der Waals surface area contributed by atoms with E-state index in [2.05, 4.69) is 5.32 Å². The monoisotopic (exact) mass is 450 g/mol. The van der Waals surface area contributed by atoms with Crippen molar-refractivity contribution in [3.8, 4) is 0 Å². The molecule has 0 radical (unpaired) electrons. The number of nitrogens with one attached hydrogen (secondary N) is 1.